The van der Waals surface area contributed by atoms with Crippen molar-refractivity contribution in [3.63, 3.8) is 0 Å². The number of rotatable bonds is 4. The zero-order valence-corrected chi connectivity index (χ0v) is 11.8. The number of sulfonamides is 1. The first-order valence-corrected chi connectivity index (χ1v) is 7.89. The van der Waals surface area contributed by atoms with E-state index in [1.54, 1.807) is 0 Å². The lowest BCUT2D eigenvalue weighted by Crippen LogP contribution is -2.35. The number of fused-ring (bicyclic) bond motifs is 1. The number of nitrogens with zero attached hydrogens (tertiary/aromatic N) is 1. The normalized spacial score (nSPS) is 17.3. The molecule has 2 heterocycles. The van der Waals surface area contributed by atoms with Crippen molar-refractivity contribution in [2.45, 2.75) is 17.6 Å². The van der Waals surface area contributed by atoms with E-state index < -0.39 is 20.9 Å². The van der Waals surface area contributed by atoms with Gasteiger partial charge in [0.15, 0.2) is 5.82 Å². The van der Waals surface area contributed by atoms with Crippen LogP contribution in [0.15, 0.2) is 47.6 Å². The van der Waals surface area contributed by atoms with Gasteiger partial charge in [-0.05, 0) is 23.8 Å². The molecule has 0 fully saturated rings. The predicted octanol–water partition coefficient (Wildman–Crippen LogP) is 1.50. The number of nitrogens with one attached hydrogen (secondary N) is 1. The number of aromatic nitrogens is 1. The van der Waals surface area contributed by atoms with Gasteiger partial charge in [0, 0.05) is 19.2 Å². The van der Waals surface area contributed by atoms with Crippen LogP contribution in [0.5, 0.6) is 5.75 Å². The fraction of sp³-hybridized carbons (Fsp3) is 0.214. The van der Waals surface area contributed by atoms with E-state index in [-0.39, 0.29) is 12.6 Å². The van der Waals surface area contributed by atoms with Crippen LogP contribution in [0, 0.1) is 5.82 Å². The molecule has 1 aromatic carbocycles. The van der Waals surface area contributed by atoms with Gasteiger partial charge in [0.2, 0.25) is 5.03 Å². The number of hydrogen-bond donors (Lipinski definition) is 1. The Morgan fingerprint density at radius 3 is 2.86 bits per heavy atom. The molecule has 5 nitrogen and oxygen atoms in total. The van der Waals surface area contributed by atoms with E-state index >= 15 is 0 Å². The van der Waals surface area contributed by atoms with Crippen LogP contribution in [0.4, 0.5) is 4.39 Å². The summed E-state index contributed by atoms with van der Waals surface area (Å²) in [4.78, 5) is 3.57. The molecule has 0 radical (unpaired) electrons. The minimum absolute atomic E-state index is 0.0625. The van der Waals surface area contributed by atoms with Crippen molar-refractivity contribution in [3.05, 3.63) is 54.0 Å². The highest BCUT2D eigenvalue weighted by Gasteiger charge is 2.26. The smallest absolute Gasteiger partial charge is 0.261 e. The third-order valence-electron chi connectivity index (χ3n) is 3.19. The number of halogens is 1. The van der Waals surface area contributed by atoms with Gasteiger partial charge in [-0.2, -0.15) is 0 Å². The molecule has 0 saturated carbocycles. The van der Waals surface area contributed by atoms with Gasteiger partial charge in [-0.15, -0.1) is 0 Å². The van der Waals surface area contributed by atoms with E-state index in [9.17, 15) is 12.8 Å². The molecule has 1 aromatic heterocycles. The maximum absolute atomic E-state index is 13.5. The highest BCUT2D eigenvalue weighted by Crippen LogP contribution is 2.27. The van der Waals surface area contributed by atoms with Gasteiger partial charge in [-0.3, -0.25) is 0 Å². The molecule has 0 saturated heterocycles. The van der Waals surface area contributed by atoms with Gasteiger partial charge < -0.3 is 4.74 Å². The Hall–Kier alpha value is -1.99. The van der Waals surface area contributed by atoms with Crippen LogP contribution in [-0.4, -0.2) is 26.1 Å². The summed E-state index contributed by atoms with van der Waals surface area (Å²) in [6.45, 7) is 0.0625. The second kappa shape index (κ2) is 5.42. The number of ether oxygens (including phenoxy) is 1. The van der Waals surface area contributed by atoms with Crippen molar-refractivity contribution in [1.29, 1.82) is 0 Å². The summed E-state index contributed by atoms with van der Waals surface area (Å²) in [5.41, 5.74) is 1.03. The quantitative estimate of drug-likeness (QED) is 0.929. The predicted molar refractivity (Wildman–Crippen MR) is 73.9 cm³/mol. The van der Waals surface area contributed by atoms with Crippen molar-refractivity contribution < 1.29 is 17.5 Å². The largest absolute Gasteiger partial charge is 0.488 e. The minimum Gasteiger partial charge on any atom is -0.488 e. The molecule has 110 valence electrons. The van der Waals surface area contributed by atoms with Crippen LogP contribution >= 0.6 is 0 Å². The third-order valence-corrected chi connectivity index (χ3v) is 4.55. The summed E-state index contributed by atoms with van der Waals surface area (Å²) < 4.78 is 45.5. The second-order valence-electron chi connectivity index (χ2n) is 4.69. The molecule has 2 aromatic rings. The van der Waals surface area contributed by atoms with E-state index in [1.165, 1.54) is 12.3 Å². The molecule has 0 bridgehead atoms. The van der Waals surface area contributed by atoms with Crippen molar-refractivity contribution in [2.75, 3.05) is 6.54 Å². The lowest BCUT2D eigenvalue weighted by atomic mass is 10.1. The van der Waals surface area contributed by atoms with Gasteiger partial charge in [0.25, 0.3) is 10.0 Å². The summed E-state index contributed by atoms with van der Waals surface area (Å²) in [5, 5.41) is -0.597. The zero-order chi connectivity index (χ0) is 14.9. The molecule has 0 aliphatic carbocycles. The first kappa shape index (κ1) is 14.0. The molecule has 3 rings (SSSR count). The van der Waals surface area contributed by atoms with Gasteiger partial charge in [-0.1, -0.05) is 18.2 Å². The highest BCUT2D eigenvalue weighted by atomic mass is 32.2. The molecular weight excluding hydrogens is 295 g/mol. The highest BCUT2D eigenvalue weighted by molar-refractivity contribution is 7.89. The fourth-order valence-electron chi connectivity index (χ4n) is 2.21. The van der Waals surface area contributed by atoms with E-state index in [0.717, 1.165) is 17.4 Å². The van der Waals surface area contributed by atoms with Crippen LogP contribution in [0.2, 0.25) is 0 Å². The number of pyridine rings is 1. The monoisotopic (exact) mass is 308 g/mol. The molecule has 0 amide bonds. The van der Waals surface area contributed by atoms with E-state index in [2.05, 4.69) is 9.71 Å². The number of hydrogen-bond acceptors (Lipinski definition) is 4. The van der Waals surface area contributed by atoms with Crippen LogP contribution in [0.1, 0.15) is 5.56 Å². The molecule has 1 aliphatic rings. The van der Waals surface area contributed by atoms with Crippen molar-refractivity contribution in [3.8, 4) is 5.75 Å². The first-order valence-electron chi connectivity index (χ1n) is 6.41. The average Bonchev–Trinajstić information content (AvgIpc) is 2.88. The zero-order valence-electron chi connectivity index (χ0n) is 11.0. The molecule has 7 heteroatoms. The average molecular weight is 308 g/mol. The van der Waals surface area contributed by atoms with Crippen LogP contribution in [0.25, 0.3) is 0 Å². The number of para-hydroxylation sites is 1. The molecule has 1 atom stereocenters. The van der Waals surface area contributed by atoms with Gasteiger partial charge in [0.05, 0.1) is 0 Å². The molecule has 0 spiro atoms. The molecular formula is C14H13FN2O3S. The maximum atomic E-state index is 13.5. The van der Waals surface area contributed by atoms with Crippen LogP contribution in [-0.2, 0) is 16.4 Å². The lowest BCUT2D eigenvalue weighted by molar-refractivity contribution is 0.236. The minimum atomic E-state index is -3.98. The van der Waals surface area contributed by atoms with Crippen molar-refractivity contribution >= 4 is 10.0 Å². The van der Waals surface area contributed by atoms with Crippen molar-refractivity contribution in [2.24, 2.45) is 0 Å². The van der Waals surface area contributed by atoms with Gasteiger partial charge >= 0.3 is 0 Å². The maximum Gasteiger partial charge on any atom is 0.261 e. The SMILES string of the molecule is O=S(=O)(NCC1Cc2ccccc2O1)c1ncccc1F. The van der Waals surface area contributed by atoms with Gasteiger partial charge in [0.1, 0.15) is 11.9 Å². The Labute approximate surface area is 121 Å². The second-order valence-corrected chi connectivity index (χ2v) is 6.38. The van der Waals surface area contributed by atoms with E-state index in [4.69, 9.17) is 4.74 Å². The lowest BCUT2D eigenvalue weighted by Gasteiger charge is -2.12. The van der Waals surface area contributed by atoms with Crippen LogP contribution < -0.4 is 9.46 Å². The van der Waals surface area contributed by atoms with Gasteiger partial charge in [-0.25, -0.2) is 22.5 Å². The Morgan fingerprint density at radius 2 is 2.10 bits per heavy atom. The summed E-state index contributed by atoms with van der Waals surface area (Å²) >= 11 is 0. The fourth-order valence-corrected chi connectivity index (χ4v) is 3.27. The summed E-state index contributed by atoms with van der Waals surface area (Å²) in [7, 11) is -3.98. The number of benzene rings is 1. The standard InChI is InChI=1S/C14H13FN2O3S/c15-12-5-3-7-16-14(12)21(18,19)17-9-11-8-10-4-1-2-6-13(10)20-11/h1-7,11,17H,8-9H2. The summed E-state index contributed by atoms with van der Waals surface area (Å²) in [5.74, 6) is -0.119. The third kappa shape index (κ3) is 2.88. The molecule has 21 heavy (non-hydrogen) atoms. The van der Waals surface area contributed by atoms with Crippen molar-refractivity contribution in [1.82, 2.24) is 9.71 Å². The van der Waals surface area contributed by atoms with E-state index in [1.807, 2.05) is 24.3 Å². The Bertz CT molecular complexity index is 739. The Kier molecular flexibility index (Phi) is 3.60. The summed E-state index contributed by atoms with van der Waals surface area (Å²) in [6, 6.07) is 9.92. The topological polar surface area (TPSA) is 68.3 Å². The van der Waals surface area contributed by atoms with Crippen LogP contribution in [0.3, 0.4) is 0 Å². The van der Waals surface area contributed by atoms with E-state index in [0.29, 0.717) is 6.42 Å². The Balaban J connectivity index is 1.68. The molecule has 1 aliphatic heterocycles. The molecule has 1 unspecified atom stereocenters. The Morgan fingerprint density at radius 1 is 1.29 bits per heavy atom. The first-order chi connectivity index (χ1) is 10.1. The summed E-state index contributed by atoms with van der Waals surface area (Å²) in [6.07, 6.45) is 1.55. The molecule has 1 N–H and O–H groups in total.